The number of nitrogens with one attached hydrogen (secondary N) is 1. The van der Waals surface area contributed by atoms with Gasteiger partial charge in [-0.3, -0.25) is 9.59 Å². The molecule has 0 saturated carbocycles. The lowest BCUT2D eigenvalue weighted by Crippen LogP contribution is -2.28. The van der Waals surface area contributed by atoms with Gasteiger partial charge in [0.2, 0.25) is 5.71 Å². The summed E-state index contributed by atoms with van der Waals surface area (Å²) in [5, 5.41) is 3.07. The lowest BCUT2D eigenvalue weighted by atomic mass is 10.1. The molecule has 0 aliphatic carbocycles. The zero-order chi connectivity index (χ0) is 19.7. The highest BCUT2D eigenvalue weighted by molar-refractivity contribution is 6.06. The van der Waals surface area contributed by atoms with E-state index in [9.17, 15) is 9.59 Å². The number of furan rings is 1. The van der Waals surface area contributed by atoms with Crippen LogP contribution >= 0.6 is 0 Å². The molecular formula is C19H21N3O5. The second-order valence-electron chi connectivity index (χ2n) is 6.18. The van der Waals surface area contributed by atoms with Crippen molar-refractivity contribution < 1.29 is 18.7 Å². The number of aryl methyl sites for hydroxylation is 2. The molecule has 142 valence electrons. The fourth-order valence-corrected chi connectivity index (χ4v) is 2.98. The van der Waals surface area contributed by atoms with Crippen LogP contribution in [-0.4, -0.2) is 29.7 Å². The van der Waals surface area contributed by atoms with Gasteiger partial charge < -0.3 is 23.8 Å². The van der Waals surface area contributed by atoms with Crippen LogP contribution in [-0.2, 0) is 7.05 Å². The molecule has 1 unspecified atom stereocenters. The largest absolute Gasteiger partial charge is 0.497 e. The average molecular weight is 371 g/mol. The van der Waals surface area contributed by atoms with Crippen molar-refractivity contribution in [3.8, 4) is 11.5 Å². The van der Waals surface area contributed by atoms with Crippen molar-refractivity contribution in [3.05, 3.63) is 51.8 Å². The van der Waals surface area contributed by atoms with Gasteiger partial charge in [-0.25, -0.2) is 4.98 Å². The maximum absolute atomic E-state index is 12.9. The summed E-state index contributed by atoms with van der Waals surface area (Å²) in [7, 11) is 4.69. The van der Waals surface area contributed by atoms with Crippen LogP contribution in [0.1, 0.15) is 34.6 Å². The van der Waals surface area contributed by atoms with E-state index >= 15 is 0 Å². The van der Waals surface area contributed by atoms with Gasteiger partial charge in [0.1, 0.15) is 29.0 Å². The Balaban J connectivity index is 1.97. The van der Waals surface area contributed by atoms with Crippen LogP contribution in [0.3, 0.4) is 0 Å². The molecular weight excluding hydrogens is 350 g/mol. The molecule has 8 heteroatoms. The smallest absolute Gasteiger partial charge is 0.265 e. The van der Waals surface area contributed by atoms with E-state index in [2.05, 4.69) is 10.3 Å². The average Bonchev–Trinajstić information content (AvgIpc) is 3.00. The fourth-order valence-electron chi connectivity index (χ4n) is 2.98. The highest BCUT2D eigenvalue weighted by Crippen LogP contribution is 2.30. The van der Waals surface area contributed by atoms with Crippen molar-refractivity contribution in [3.63, 3.8) is 0 Å². The Kier molecular flexibility index (Phi) is 4.89. The number of hydrogen-bond acceptors (Lipinski definition) is 6. The molecule has 27 heavy (non-hydrogen) atoms. The summed E-state index contributed by atoms with van der Waals surface area (Å²) < 4.78 is 17.4. The topological polar surface area (TPSA) is 95.6 Å². The third-order valence-corrected chi connectivity index (χ3v) is 4.43. The van der Waals surface area contributed by atoms with E-state index in [1.54, 1.807) is 40.3 Å². The summed E-state index contributed by atoms with van der Waals surface area (Å²) in [6.45, 7) is 3.46. The van der Waals surface area contributed by atoms with Crippen molar-refractivity contribution in [2.24, 2.45) is 7.05 Å². The molecule has 1 N–H and O–H groups in total. The maximum atomic E-state index is 12.9. The summed E-state index contributed by atoms with van der Waals surface area (Å²) in [6.07, 6.45) is 1.36. The highest BCUT2D eigenvalue weighted by Gasteiger charge is 2.24. The number of benzene rings is 1. The van der Waals surface area contributed by atoms with E-state index in [1.807, 2.05) is 13.0 Å². The van der Waals surface area contributed by atoms with E-state index in [0.29, 0.717) is 17.3 Å². The van der Waals surface area contributed by atoms with Crippen LogP contribution in [0.15, 0.2) is 33.7 Å². The molecule has 1 aromatic carbocycles. The van der Waals surface area contributed by atoms with Crippen LogP contribution < -0.4 is 20.3 Å². The first-order valence-corrected chi connectivity index (χ1v) is 8.34. The SMILES string of the molecule is COc1ccc(C(C)NC(=O)c2c(C)oc3ncn(C)c(=O)c23)c(OC)c1. The summed E-state index contributed by atoms with van der Waals surface area (Å²) >= 11 is 0. The van der Waals surface area contributed by atoms with Crippen LogP contribution in [0.25, 0.3) is 11.1 Å². The molecule has 0 fully saturated rings. The Hall–Kier alpha value is -3.29. The molecule has 3 aromatic rings. The van der Waals surface area contributed by atoms with Crippen molar-refractivity contribution >= 4 is 17.0 Å². The molecule has 0 saturated heterocycles. The van der Waals surface area contributed by atoms with Gasteiger partial charge in [0, 0.05) is 18.7 Å². The Morgan fingerprint density at radius 3 is 2.70 bits per heavy atom. The van der Waals surface area contributed by atoms with Gasteiger partial charge >= 0.3 is 0 Å². The van der Waals surface area contributed by atoms with Gasteiger partial charge in [-0.2, -0.15) is 0 Å². The number of amides is 1. The minimum Gasteiger partial charge on any atom is -0.497 e. The van der Waals surface area contributed by atoms with Gasteiger partial charge in [-0.15, -0.1) is 0 Å². The molecule has 1 amide bonds. The second-order valence-corrected chi connectivity index (χ2v) is 6.18. The minimum atomic E-state index is -0.415. The van der Waals surface area contributed by atoms with Gasteiger partial charge in [-0.1, -0.05) is 0 Å². The molecule has 2 heterocycles. The van der Waals surface area contributed by atoms with E-state index in [1.165, 1.54) is 10.9 Å². The highest BCUT2D eigenvalue weighted by atomic mass is 16.5. The molecule has 0 bridgehead atoms. The quantitative estimate of drug-likeness (QED) is 0.740. The number of rotatable bonds is 5. The van der Waals surface area contributed by atoms with Crippen molar-refractivity contribution in [2.45, 2.75) is 19.9 Å². The number of aromatic nitrogens is 2. The van der Waals surface area contributed by atoms with E-state index < -0.39 is 5.91 Å². The molecule has 3 rings (SSSR count). The number of nitrogens with zero attached hydrogens (tertiary/aromatic N) is 2. The normalized spacial score (nSPS) is 12.0. The zero-order valence-electron chi connectivity index (χ0n) is 15.8. The minimum absolute atomic E-state index is 0.149. The van der Waals surface area contributed by atoms with E-state index in [4.69, 9.17) is 13.9 Å². The Bertz CT molecular complexity index is 1070. The van der Waals surface area contributed by atoms with E-state index in [-0.39, 0.29) is 28.3 Å². The number of ether oxygens (including phenoxy) is 2. The van der Waals surface area contributed by atoms with Crippen LogP contribution in [0.2, 0.25) is 0 Å². The molecule has 0 aliphatic heterocycles. The number of hydrogen-bond donors (Lipinski definition) is 1. The fraction of sp³-hybridized carbons (Fsp3) is 0.316. The number of carbonyl (C=O) groups is 1. The summed E-state index contributed by atoms with van der Waals surface area (Å²) in [6, 6.07) is 4.99. The molecule has 8 nitrogen and oxygen atoms in total. The van der Waals surface area contributed by atoms with Crippen molar-refractivity contribution in [2.75, 3.05) is 14.2 Å². The van der Waals surface area contributed by atoms with Crippen LogP contribution in [0.5, 0.6) is 11.5 Å². The third-order valence-electron chi connectivity index (χ3n) is 4.43. The molecule has 1 atom stereocenters. The molecule has 0 spiro atoms. The van der Waals surface area contributed by atoms with Gasteiger partial charge in [-0.05, 0) is 26.0 Å². The van der Waals surface area contributed by atoms with Gasteiger partial charge in [0.25, 0.3) is 11.5 Å². The Morgan fingerprint density at radius 1 is 1.30 bits per heavy atom. The third kappa shape index (κ3) is 3.25. The van der Waals surface area contributed by atoms with Crippen molar-refractivity contribution in [1.82, 2.24) is 14.9 Å². The Labute approximate surface area is 155 Å². The summed E-state index contributed by atoms with van der Waals surface area (Å²) in [5.41, 5.74) is 0.785. The number of carbonyl (C=O) groups excluding carboxylic acids is 1. The van der Waals surface area contributed by atoms with Gasteiger partial charge in [0.05, 0.1) is 25.8 Å². The second kappa shape index (κ2) is 7.14. The standard InChI is InChI=1S/C19H21N3O5/c1-10(13-7-6-12(25-4)8-14(13)26-5)21-17(23)15-11(2)27-18-16(15)19(24)22(3)9-20-18/h6-10H,1-5H3,(H,21,23). The monoisotopic (exact) mass is 371 g/mol. The molecule has 2 aromatic heterocycles. The predicted octanol–water partition coefficient (Wildman–Crippen LogP) is 2.34. The molecule has 0 radical (unpaired) electrons. The van der Waals surface area contributed by atoms with Gasteiger partial charge in [0.15, 0.2) is 0 Å². The first kappa shape index (κ1) is 18.5. The first-order chi connectivity index (χ1) is 12.9. The summed E-state index contributed by atoms with van der Waals surface area (Å²) in [4.78, 5) is 29.4. The maximum Gasteiger partial charge on any atom is 0.265 e. The molecule has 0 aliphatic rings. The predicted molar refractivity (Wildman–Crippen MR) is 99.4 cm³/mol. The summed E-state index contributed by atoms with van der Waals surface area (Å²) in [5.74, 6) is 1.17. The lowest BCUT2D eigenvalue weighted by molar-refractivity contribution is 0.0939. The van der Waals surface area contributed by atoms with Crippen LogP contribution in [0.4, 0.5) is 0 Å². The number of fused-ring (bicyclic) bond motifs is 1. The zero-order valence-corrected chi connectivity index (χ0v) is 15.8. The Morgan fingerprint density at radius 2 is 2.04 bits per heavy atom. The van der Waals surface area contributed by atoms with E-state index in [0.717, 1.165) is 5.56 Å². The van der Waals surface area contributed by atoms with Crippen molar-refractivity contribution in [1.29, 1.82) is 0 Å². The lowest BCUT2D eigenvalue weighted by Gasteiger charge is -2.18. The number of methoxy groups -OCH3 is 2. The van der Waals surface area contributed by atoms with Crippen LogP contribution in [0, 0.1) is 6.92 Å². The first-order valence-electron chi connectivity index (χ1n) is 8.34.